The molecule has 4 rings (SSSR count). The monoisotopic (exact) mass is 378 g/mol. The van der Waals surface area contributed by atoms with E-state index in [0.717, 1.165) is 28.0 Å². The molecular formula is C26H22N2O. The van der Waals surface area contributed by atoms with Gasteiger partial charge < -0.3 is 10.6 Å². The van der Waals surface area contributed by atoms with Crippen molar-refractivity contribution in [1.82, 2.24) is 0 Å². The van der Waals surface area contributed by atoms with Crippen molar-refractivity contribution in [3.8, 4) is 5.75 Å². The van der Waals surface area contributed by atoms with Crippen molar-refractivity contribution < 1.29 is 4.74 Å². The fourth-order valence-electron chi connectivity index (χ4n) is 3.58. The van der Waals surface area contributed by atoms with Crippen LogP contribution in [0.5, 0.6) is 5.75 Å². The smallest absolute Gasteiger partial charge is 0.184 e. The zero-order valence-corrected chi connectivity index (χ0v) is 16.0. The van der Waals surface area contributed by atoms with Gasteiger partial charge in [-0.25, -0.2) is 0 Å². The van der Waals surface area contributed by atoms with Crippen LogP contribution in [0.25, 0.3) is 0 Å². The molecule has 0 aromatic heterocycles. The zero-order valence-electron chi connectivity index (χ0n) is 16.0. The Morgan fingerprint density at radius 1 is 0.586 bits per heavy atom. The van der Waals surface area contributed by atoms with Gasteiger partial charge in [0, 0.05) is 16.7 Å². The second-order valence-electron chi connectivity index (χ2n) is 6.73. The van der Waals surface area contributed by atoms with Gasteiger partial charge in [-0.3, -0.25) is 0 Å². The van der Waals surface area contributed by atoms with E-state index < -0.39 is 5.60 Å². The fourth-order valence-corrected chi connectivity index (χ4v) is 3.58. The molecule has 0 spiro atoms. The summed E-state index contributed by atoms with van der Waals surface area (Å²) in [7, 11) is 0. The van der Waals surface area contributed by atoms with Crippen molar-refractivity contribution in [2.24, 2.45) is 10.9 Å². The van der Waals surface area contributed by atoms with Gasteiger partial charge in [-0.1, -0.05) is 91.0 Å². The van der Waals surface area contributed by atoms with Crippen molar-refractivity contribution in [2.75, 3.05) is 0 Å². The number of hydrazone groups is 1. The number of rotatable bonds is 6. The fraction of sp³-hybridized carbons (Fsp3) is 0.0385. The summed E-state index contributed by atoms with van der Waals surface area (Å²) in [6.07, 6.45) is 1.61. The molecule has 2 N–H and O–H groups in total. The van der Waals surface area contributed by atoms with Crippen LogP contribution in [0.15, 0.2) is 120 Å². The molecule has 142 valence electrons. The summed E-state index contributed by atoms with van der Waals surface area (Å²) in [4.78, 5) is 0. The minimum atomic E-state index is -0.784. The van der Waals surface area contributed by atoms with Crippen molar-refractivity contribution >= 4 is 6.21 Å². The number of hydrogen-bond acceptors (Lipinski definition) is 3. The van der Waals surface area contributed by atoms with E-state index in [1.54, 1.807) is 6.21 Å². The zero-order chi connectivity index (χ0) is 19.9. The number of ether oxygens (including phenoxy) is 1. The van der Waals surface area contributed by atoms with E-state index in [1.165, 1.54) is 0 Å². The number of hydrogen-bond donors (Lipinski definition) is 1. The van der Waals surface area contributed by atoms with Crippen LogP contribution in [0.2, 0.25) is 0 Å². The molecule has 0 amide bonds. The third-order valence-corrected chi connectivity index (χ3v) is 4.92. The molecule has 0 bridgehead atoms. The van der Waals surface area contributed by atoms with E-state index in [1.807, 2.05) is 78.9 Å². The van der Waals surface area contributed by atoms with Crippen LogP contribution in [0.3, 0.4) is 0 Å². The molecule has 0 atom stereocenters. The van der Waals surface area contributed by atoms with E-state index >= 15 is 0 Å². The molecule has 0 aliphatic heterocycles. The number of benzene rings is 4. The number of nitrogens with two attached hydrogens (primary N) is 1. The Balaban J connectivity index is 1.92. The quantitative estimate of drug-likeness (QED) is 0.213. The Bertz CT molecular complexity index is 963. The molecule has 0 fully saturated rings. The van der Waals surface area contributed by atoms with Crippen molar-refractivity contribution in [1.29, 1.82) is 0 Å². The lowest BCUT2D eigenvalue weighted by molar-refractivity contribution is 0.155. The Morgan fingerprint density at radius 3 is 1.38 bits per heavy atom. The van der Waals surface area contributed by atoms with Gasteiger partial charge in [0.05, 0.1) is 6.21 Å². The first kappa shape index (κ1) is 18.5. The summed E-state index contributed by atoms with van der Waals surface area (Å²) in [6, 6.07) is 38.7. The predicted octanol–water partition coefficient (Wildman–Crippen LogP) is 5.35. The summed E-state index contributed by atoms with van der Waals surface area (Å²) >= 11 is 0. The van der Waals surface area contributed by atoms with Crippen LogP contribution in [0.1, 0.15) is 22.3 Å². The normalized spacial score (nSPS) is 11.4. The van der Waals surface area contributed by atoms with E-state index in [9.17, 15) is 0 Å². The molecule has 0 aliphatic rings. The number of nitrogens with zero attached hydrogens (tertiary/aromatic N) is 1. The predicted molar refractivity (Wildman–Crippen MR) is 118 cm³/mol. The van der Waals surface area contributed by atoms with Gasteiger partial charge in [0.25, 0.3) is 0 Å². The first-order valence-electron chi connectivity index (χ1n) is 9.52. The van der Waals surface area contributed by atoms with E-state index in [-0.39, 0.29) is 0 Å². The molecule has 29 heavy (non-hydrogen) atoms. The van der Waals surface area contributed by atoms with Crippen LogP contribution < -0.4 is 10.6 Å². The molecule has 0 heterocycles. The Labute approximate surface area is 171 Å². The highest BCUT2D eigenvalue weighted by Crippen LogP contribution is 2.41. The molecule has 3 nitrogen and oxygen atoms in total. The average Bonchev–Trinajstić information content (AvgIpc) is 2.80. The minimum Gasteiger partial charge on any atom is -0.473 e. The molecule has 0 unspecified atom stereocenters. The standard InChI is InChI=1S/C26H22N2O/c27-28-20-21-16-18-25(19-17-21)29-26(22-10-4-1-5-11-22,23-12-6-2-7-13-23)24-14-8-3-9-15-24/h1-20H,27H2. The lowest BCUT2D eigenvalue weighted by atomic mass is 9.80. The third-order valence-electron chi connectivity index (χ3n) is 4.92. The molecule has 0 radical (unpaired) electrons. The van der Waals surface area contributed by atoms with Gasteiger partial charge in [-0.05, 0) is 29.8 Å². The van der Waals surface area contributed by atoms with E-state index in [4.69, 9.17) is 10.6 Å². The van der Waals surface area contributed by atoms with Gasteiger partial charge in [-0.2, -0.15) is 5.10 Å². The Kier molecular flexibility index (Phi) is 5.39. The highest BCUT2D eigenvalue weighted by atomic mass is 16.5. The minimum absolute atomic E-state index is 0.760. The molecule has 0 saturated carbocycles. The van der Waals surface area contributed by atoms with Gasteiger partial charge in [0.15, 0.2) is 5.60 Å². The van der Waals surface area contributed by atoms with Crippen molar-refractivity contribution in [2.45, 2.75) is 5.60 Å². The second-order valence-corrected chi connectivity index (χ2v) is 6.73. The second kappa shape index (κ2) is 8.44. The molecule has 0 aliphatic carbocycles. The van der Waals surface area contributed by atoms with Crippen LogP contribution in [0, 0.1) is 0 Å². The van der Waals surface area contributed by atoms with E-state index in [0.29, 0.717) is 0 Å². The van der Waals surface area contributed by atoms with Gasteiger partial charge >= 0.3 is 0 Å². The molecule has 4 aromatic carbocycles. The Hall–Kier alpha value is -3.85. The topological polar surface area (TPSA) is 47.6 Å². The average molecular weight is 378 g/mol. The molecule has 0 saturated heterocycles. The largest absolute Gasteiger partial charge is 0.473 e. The lowest BCUT2D eigenvalue weighted by Gasteiger charge is -2.36. The first-order chi connectivity index (χ1) is 14.3. The SMILES string of the molecule is NN=Cc1ccc(OC(c2ccccc2)(c2ccccc2)c2ccccc2)cc1. The van der Waals surface area contributed by atoms with Crippen LogP contribution >= 0.6 is 0 Å². The van der Waals surface area contributed by atoms with E-state index in [2.05, 4.69) is 41.5 Å². The highest BCUT2D eigenvalue weighted by molar-refractivity contribution is 5.79. The molecule has 3 heteroatoms. The maximum atomic E-state index is 6.82. The molecular weight excluding hydrogens is 356 g/mol. The maximum absolute atomic E-state index is 6.82. The van der Waals surface area contributed by atoms with Crippen molar-refractivity contribution in [3.05, 3.63) is 138 Å². The van der Waals surface area contributed by atoms with Gasteiger partial charge in [-0.15, -0.1) is 0 Å². The lowest BCUT2D eigenvalue weighted by Crippen LogP contribution is -2.36. The summed E-state index contributed by atoms with van der Waals surface area (Å²) < 4.78 is 6.82. The summed E-state index contributed by atoms with van der Waals surface area (Å²) in [5.74, 6) is 6.03. The Morgan fingerprint density at radius 2 is 1.00 bits per heavy atom. The summed E-state index contributed by atoms with van der Waals surface area (Å²) in [5.41, 5.74) is 3.32. The molecule has 4 aromatic rings. The summed E-state index contributed by atoms with van der Waals surface area (Å²) in [6.45, 7) is 0. The van der Waals surface area contributed by atoms with Crippen LogP contribution in [-0.4, -0.2) is 6.21 Å². The van der Waals surface area contributed by atoms with Crippen LogP contribution in [-0.2, 0) is 5.60 Å². The van der Waals surface area contributed by atoms with Crippen LogP contribution in [0.4, 0.5) is 0 Å². The highest BCUT2D eigenvalue weighted by Gasteiger charge is 2.38. The third kappa shape index (κ3) is 3.76. The summed E-state index contributed by atoms with van der Waals surface area (Å²) in [5, 5.41) is 3.59. The van der Waals surface area contributed by atoms with Gasteiger partial charge in [0.2, 0.25) is 0 Å². The van der Waals surface area contributed by atoms with Gasteiger partial charge in [0.1, 0.15) is 5.75 Å². The maximum Gasteiger partial charge on any atom is 0.184 e. The van der Waals surface area contributed by atoms with Crippen molar-refractivity contribution in [3.63, 3.8) is 0 Å². The first-order valence-corrected chi connectivity index (χ1v) is 9.52.